The average Bonchev–Trinajstić information content (AvgIpc) is 2.46. The number of nitrogens with one attached hydrogen (secondary N) is 1. The van der Waals surface area contributed by atoms with E-state index >= 15 is 0 Å². The van der Waals surface area contributed by atoms with Gasteiger partial charge in [0.25, 0.3) is 5.91 Å². The number of rotatable bonds is 4. The van der Waals surface area contributed by atoms with Gasteiger partial charge in [-0.1, -0.05) is 17.7 Å². The molecule has 0 unspecified atom stereocenters. The van der Waals surface area contributed by atoms with Crippen LogP contribution in [0.3, 0.4) is 0 Å². The number of halogens is 1. The van der Waals surface area contributed by atoms with E-state index in [2.05, 4.69) is 5.32 Å². The number of benzene rings is 2. The van der Waals surface area contributed by atoms with Crippen molar-refractivity contribution in [1.29, 1.82) is 0 Å². The monoisotopic (exact) mass is 332 g/mol. The summed E-state index contributed by atoms with van der Waals surface area (Å²) < 4.78 is 4.97. The molecule has 0 fully saturated rings. The van der Waals surface area contributed by atoms with Crippen molar-refractivity contribution in [2.75, 3.05) is 17.7 Å². The molecule has 0 aliphatic carbocycles. The first kappa shape index (κ1) is 16.8. The summed E-state index contributed by atoms with van der Waals surface area (Å²) in [6, 6.07) is 10.1. The molecular weight excluding hydrogens is 316 g/mol. The first-order valence-corrected chi connectivity index (χ1v) is 7.33. The van der Waals surface area contributed by atoms with Crippen LogP contribution in [-0.4, -0.2) is 18.5 Å². The van der Waals surface area contributed by atoms with Gasteiger partial charge in [-0.3, -0.25) is 4.79 Å². The highest BCUT2D eigenvalue weighted by Gasteiger charge is 2.14. The Labute approximate surface area is 139 Å². The van der Waals surface area contributed by atoms with E-state index in [0.717, 1.165) is 11.1 Å². The summed E-state index contributed by atoms with van der Waals surface area (Å²) in [6.45, 7) is 3.47. The van der Waals surface area contributed by atoms with Crippen LogP contribution in [0.25, 0.3) is 0 Å². The maximum Gasteiger partial charge on any atom is 0.340 e. The van der Waals surface area contributed by atoms with Gasteiger partial charge < -0.3 is 15.8 Å². The van der Waals surface area contributed by atoms with Gasteiger partial charge in [-0.25, -0.2) is 4.79 Å². The quantitative estimate of drug-likeness (QED) is 0.664. The summed E-state index contributed by atoms with van der Waals surface area (Å²) in [7, 11) is 0. The van der Waals surface area contributed by atoms with E-state index in [1.807, 2.05) is 32.0 Å². The van der Waals surface area contributed by atoms with Crippen molar-refractivity contribution in [3.05, 3.63) is 58.1 Å². The average molecular weight is 333 g/mol. The second-order valence-electron chi connectivity index (χ2n) is 5.23. The third-order valence-electron chi connectivity index (χ3n) is 3.08. The number of carbonyl (C=O) groups is 2. The van der Waals surface area contributed by atoms with Gasteiger partial charge >= 0.3 is 5.97 Å². The predicted octanol–water partition coefficient (Wildman–Crippen LogP) is 3.33. The van der Waals surface area contributed by atoms with Crippen LogP contribution in [0.5, 0.6) is 0 Å². The Kier molecular flexibility index (Phi) is 5.24. The van der Waals surface area contributed by atoms with Gasteiger partial charge in [-0.05, 0) is 55.3 Å². The molecule has 0 heterocycles. The molecular formula is C17H17ClN2O3. The lowest BCUT2D eigenvalue weighted by Crippen LogP contribution is -2.21. The minimum absolute atomic E-state index is 0.136. The van der Waals surface area contributed by atoms with Crippen molar-refractivity contribution in [1.82, 2.24) is 0 Å². The summed E-state index contributed by atoms with van der Waals surface area (Å²) in [5.74, 6) is -1.12. The SMILES string of the molecule is Cc1cc(C)cc(NC(=O)COC(=O)c2cc(Cl)ccc2N)c1. The summed E-state index contributed by atoms with van der Waals surface area (Å²) >= 11 is 5.82. The Morgan fingerprint density at radius 3 is 2.43 bits per heavy atom. The number of carbonyl (C=O) groups excluding carboxylic acids is 2. The van der Waals surface area contributed by atoms with Gasteiger partial charge in [0.15, 0.2) is 6.61 Å². The fraction of sp³-hybridized carbons (Fsp3) is 0.176. The van der Waals surface area contributed by atoms with Crippen molar-refractivity contribution in [3.63, 3.8) is 0 Å². The van der Waals surface area contributed by atoms with E-state index in [1.54, 1.807) is 6.07 Å². The number of nitrogens with two attached hydrogens (primary N) is 1. The molecule has 0 bridgehead atoms. The summed E-state index contributed by atoms with van der Waals surface area (Å²) in [4.78, 5) is 23.8. The van der Waals surface area contributed by atoms with Crippen LogP contribution < -0.4 is 11.1 Å². The van der Waals surface area contributed by atoms with E-state index in [0.29, 0.717) is 10.7 Å². The van der Waals surface area contributed by atoms with Gasteiger partial charge in [0.2, 0.25) is 0 Å². The number of esters is 1. The Balaban J connectivity index is 1.96. The van der Waals surface area contributed by atoms with Crippen LogP contribution in [0.2, 0.25) is 5.02 Å². The third kappa shape index (κ3) is 4.72. The molecule has 2 aromatic rings. The van der Waals surface area contributed by atoms with E-state index in [-0.39, 0.29) is 11.3 Å². The van der Waals surface area contributed by atoms with Crippen LogP contribution in [0.4, 0.5) is 11.4 Å². The normalized spacial score (nSPS) is 10.2. The molecule has 3 N–H and O–H groups in total. The molecule has 2 aromatic carbocycles. The van der Waals surface area contributed by atoms with Crippen LogP contribution in [-0.2, 0) is 9.53 Å². The molecule has 2 rings (SSSR count). The zero-order chi connectivity index (χ0) is 17.0. The van der Waals surface area contributed by atoms with Crippen LogP contribution in [0, 0.1) is 13.8 Å². The molecule has 0 saturated heterocycles. The number of aryl methyl sites for hydroxylation is 2. The highest BCUT2D eigenvalue weighted by molar-refractivity contribution is 6.31. The van der Waals surface area contributed by atoms with Crippen molar-refractivity contribution in [2.45, 2.75) is 13.8 Å². The number of ether oxygens (including phenoxy) is 1. The minimum atomic E-state index is -0.694. The summed E-state index contributed by atoms with van der Waals surface area (Å²) in [6.07, 6.45) is 0. The molecule has 0 aliphatic heterocycles. The van der Waals surface area contributed by atoms with Crippen LogP contribution in [0.1, 0.15) is 21.5 Å². The number of nitrogen functional groups attached to an aromatic ring is 1. The van der Waals surface area contributed by atoms with Crippen LogP contribution in [0.15, 0.2) is 36.4 Å². The molecule has 6 heteroatoms. The lowest BCUT2D eigenvalue weighted by molar-refractivity contribution is -0.119. The first-order chi connectivity index (χ1) is 10.8. The molecule has 0 aliphatic rings. The largest absolute Gasteiger partial charge is 0.452 e. The Bertz CT molecular complexity index is 739. The lowest BCUT2D eigenvalue weighted by atomic mass is 10.1. The molecule has 0 spiro atoms. The van der Waals surface area contributed by atoms with Crippen molar-refractivity contribution in [3.8, 4) is 0 Å². The summed E-state index contributed by atoms with van der Waals surface area (Å²) in [5, 5.41) is 3.05. The minimum Gasteiger partial charge on any atom is -0.452 e. The Morgan fingerprint density at radius 2 is 1.78 bits per heavy atom. The fourth-order valence-electron chi connectivity index (χ4n) is 2.16. The maximum atomic E-state index is 11.9. The van der Waals surface area contributed by atoms with E-state index in [1.165, 1.54) is 12.1 Å². The van der Waals surface area contributed by atoms with E-state index in [9.17, 15) is 9.59 Å². The van der Waals surface area contributed by atoms with Gasteiger partial charge in [-0.15, -0.1) is 0 Å². The molecule has 23 heavy (non-hydrogen) atoms. The molecule has 0 saturated carbocycles. The second-order valence-corrected chi connectivity index (χ2v) is 5.67. The zero-order valence-electron chi connectivity index (χ0n) is 12.9. The smallest absolute Gasteiger partial charge is 0.340 e. The van der Waals surface area contributed by atoms with Gasteiger partial charge in [0, 0.05) is 16.4 Å². The standard InChI is InChI=1S/C17H17ClN2O3/c1-10-5-11(2)7-13(6-10)20-16(21)9-23-17(22)14-8-12(18)3-4-15(14)19/h3-8H,9,19H2,1-2H3,(H,20,21). The second kappa shape index (κ2) is 7.15. The number of hydrogen-bond acceptors (Lipinski definition) is 4. The van der Waals surface area contributed by atoms with Crippen molar-refractivity contribution < 1.29 is 14.3 Å². The molecule has 120 valence electrons. The highest BCUT2D eigenvalue weighted by Crippen LogP contribution is 2.19. The van der Waals surface area contributed by atoms with E-state index < -0.39 is 18.5 Å². The van der Waals surface area contributed by atoms with Gasteiger partial charge in [0.05, 0.1) is 5.56 Å². The van der Waals surface area contributed by atoms with Crippen molar-refractivity contribution >= 4 is 34.9 Å². The number of anilines is 2. The number of amides is 1. The molecule has 0 atom stereocenters. The highest BCUT2D eigenvalue weighted by atomic mass is 35.5. The Hall–Kier alpha value is -2.53. The Morgan fingerprint density at radius 1 is 1.13 bits per heavy atom. The maximum absolute atomic E-state index is 11.9. The van der Waals surface area contributed by atoms with Crippen molar-refractivity contribution in [2.24, 2.45) is 0 Å². The molecule has 5 nitrogen and oxygen atoms in total. The van der Waals surface area contributed by atoms with Gasteiger partial charge in [0.1, 0.15) is 0 Å². The zero-order valence-corrected chi connectivity index (χ0v) is 13.6. The first-order valence-electron chi connectivity index (χ1n) is 6.95. The molecule has 0 radical (unpaired) electrons. The van der Waals surface area contributed by atoms with E-state index in [4.69, 9.17) is 22.1 Å². The fourth-order valence-corrected chi connectivity index (χ4v) is 2.33. The predicted molar refractivity (Wildman–Crippen MR) is 90.7 cm³/mol. The van der Waals surface area contributed by atoms with Crippen LogP contribution >= 0.6 is 11.6 Å². The number of hydrogen-bond donors (Lipinski definition) is 2. The molecule has 1 amide bonds. The molecule has 0 aromatic heterocycles. The topological polar surface area (TPSA) is 81.4 Å². The third-order valence-corrected chi connectivity index (χ3v) is 3.31. The summed E-state index contributed by atoms with van der Waals surface area (Å²) in [5.41, 5.74) is 8.80. The van der Waals surface area contributed by atoms with Gasteiger partial charge in [-0.2, -0.15) is 0 Å². The lowest BCUT2D eigenvalue weighted by Gasteiger charge is -2.09.